The first-order chi connectivity index (χ1) is 6.72. The van der Waals surface area contributed by atoms with Gasteiger partial charge in [0.25, 0.3) is 0 Å². The minimum absolute atomic E-state index is 0.0407. The van der Waals surface area contributed by atoms with Crippen LogP contribution in [0.3, 0.4) is 0 Å². The van der Waals surface area contributed by atoms with Gasteiger partial charge < -0.3 is 5.73 Å². The summed E-state index contributed by atoms with van der Waals surface area (Å²) in [5, 5.41) is 0. The summed E-state index contributed by atoms with van der Waals surface area (Å²) in [5.74, 6) is -0.0407. The molecule has 0 heterocycles. The fraction of sp³-hybridized carbons (Fsp3) is 0.300. The molecule has 76 valence electrons. The molecule has 0 atom stereocenters. The van der Waals surface area contributed by atoms with Crippen molar-refractivity contribution in [1.29, 1.82) is 0 Å². The maximum atomic E-state index is 10.6. The molecule has 0 aliphatic heterocycles. The Bertz CT molecular complexity index is 297. The van der Waals surface area contributed by atoms with Crippen molar-refractivity contribution >= 4 is 17.9 Å². The number of hydrogen-bond acceptors (Lipinski definition) is 3. The van der Waals surface area contributed by atoms with E-state index in [-0.39, 0.29) is 5.91 Å². The average Bonchev–Trinajstić information content (AvgIpc) is 2.17. The van der Waals surface area contributed by atoms with E-state index in [0.29, 0.717) is 6.54 Å². The summed E-state index contributed by atoms with van der Waals surface area (Å²) in [7, 11) is 0. The van der Waals surface area contributed by atoms with E-state index in [1.807, 2.05) is 24.3 Å². The summed E-state index contributed by atoms with van der Waals surface area (Å²) in [6, 6.07) is 8.01. The summed E-state index contributed by atoms with van der Waals surface area (Å²) in [4.78, 5) is 11.7. The number of amides is 1. The van der Waals surface area contributed by atoms with Gasteiger partial charge in [-0.2, -0.15) is 0 Å². The van der Waals surface area contributed by atoms with Crippen LogP contribution in [0.5, 0.6) is 0 Å². The molecule has 1 aromatic carbocycles. The molecule has 0 bridgehead atoms. The number of rotatable bonds is 4. The average molecular weight is 210 g/mol. The smallest absolute Gasteiger partial charge is 0.226 e. The first-order valence-corrected chi connectivity index (χ1v) is 5.26. The molecule has 14 heavy (non-hydrogen) atoms. The topological polar surface area (TPSA) is 55.1 Å². The Morgan fingerprint density at radius 1 is 1.43 bits per heavy atom. The highest BCUT2D eigenvalue weighted by molar-refractivity contribution is 7.98. The lowest BCUT2D eigenvalue weighted by molar-refractivity contribution is -0.117. The van der Waals surface area contributed by atoms with Gasteiger partial charge in [-0.3, -0.25) is 9.52 Å². The molecule has 1 aromatic rings. The lowest BCUT2D eigenvalue weighted by Gasteiger charge is -2.02. The molecule has 0 unspecified atom stereocenters. The summed E-state index contributed by atoms with van der Waals surface area (Å²) >= 11 is 1.32. The number of carbonyl (C=O) groups excluding carboxylic acids is 1. The minimum atomic E-state index is -0.0407. The summed E-state index contributed by atoms with van der Waals surface area (Å²) in [5.41, 5.74) is 6.66. The van der Waals surface area contributed by atoms with Crippen LogP contribution in [0.15, 0.2) is 29.2 Å². The van der Waals surface area contributed by atoms with Crippen LogP contribution < -0.4 is 10.5 Å². The Hall–Kier alpha value is -1.00. The van der Waals surface area contributed by atoms with Gasteiger partial charge in [0.05, 0.1) is 0 Å². The van der Waals surface area contributed by atoms with E-state index in [2.05, 4.69) is 4.72 Å². The van der Waals surface area contributed by atoms with Crippen LogP contribution in [0.4, 0.5) is 0 Å². The Balaban J connectivity index is 2.50. The Kier molecular flexibility index (Phi) is 4.49. The molecule has 0 aliphatic rings. The normalized spacial score (nSPS) is 9.86. The monoisotopic (exact) mass is 210 g/mol. The molecule has 3 N–H and O–H groups in total. The summed E-state index contributed by atoms with van der Waals surface area (Å²) < 4.78 is 2.67. The van der Waals surface area contributed by atoms with Gasteiger partial charge in [-0.05, 0) is 42.6 Å². The van der Waals surface area contributed by atoms with Gasteiger partial charge >= 0.3 is 0 Å². The second-order valence-electron chi connectivity index (χ2n) is 2.94. The number of nitrogens with one attached hydrogen (secondary N) is 1. The highest BCUT2D eigenvalue weighted by atomic mass is 32.2. The van der Waals surface area contributed by atoms with Crippen LogP contribution in [-0.2, 0) is 11.2 Å². The Morgan fingerprint density at radius 3 is 2.57 bits per heavy atom. The molecule has 1 rings (SSSR count). The van der Waals surface area contributed by atoms with Crippen LogP contribution in [0.1, 0.15) is 12.5 Å². The zero-order valence-electron chi connectivity index (χ0n) is 8.12. The third-order valence-electron chi connectivity index (χ3n) is 1.67. The van der Waals surface area contributed by atoms with Gasteiger partial charge in [-0.1, -0.05) is 12.1 Å². The van der Waals surface area contributed by atoms with Crippen molar-refractivity contribution in [3.05, 3.63) is 29.8 Å². The van der Waals surface area contributed by atoms with E-state index in [1.165, 1.54) is 24.4 Å². The van der Waals surface area contributed by atoms with Crippen LogP contribution in [-0.4, -0.2) is 12.5 Å². The summed E-state index contributed by atoms with van der Waals surface area (Å²) in [6.45, 7) is 2.16. The summed E-state index contributed by atoms with van der Waals surface area (Å²) in [6.07, 6.45) is 0.894. The minimum Gasteiger partial charge on any atom is -0.330 e. The van der Waals surface area contributed by atoms with Gasteiger partial charge in [0, 0.05) is 11.8 Å². The lowest BCUT2D eigenvalue weighted by atomic mass is 10.2. The molecule has 0 spiro atoms. The second kappa shape index (κ2) is 5.67. The van der Waals surface area contributed by atoms with Crippen molar-refractivity contribution in [2.24, 2.45) is 5.73 Å². The molecule has 0 saturated heterocycles. The fourth-order valence-electron chi connectivity index (χ4n) is 1.02. The first-order valence-electron chi connectivity index (χ1n) is 4.45. The van der Waals surface area contributed by atoms with Crippen molar-refractivity contribution in [2.75, 3.05) is 6.54 Å². The predicted molar refractivity (Wildman–Crippen MR) is 58.9 cm³/mol. The second-order valence-corrected chi connectivity index (χ2v) is 3.82. The van der Waals surface area contributed by atoms with Crippen molar-refractivity contribution in [3.63, 3.8) is 0 Å². The highest BCUT2D eigenvalue weighted by Crippen LogP contribution is 2.15. The van der Waals surface area contributed by atoms with E-state index in [4.69, 9.17) is 5.73 Å². The largest absolute Gasteiger partial charge is 0.330 e. The maximum Gasteiger partial charge on any atom is 0.226 e. The van der Waals surface area contributed by atoms with Gasteiger partial charge in [0.1, 0.15) is 0 Å². The highest BCUT2D eigenvalue weighted by Gasteiger charge is 1.96. The molecule has 3 nitrogen and oxygen atoms in total. The van der Waals surface area contributed by atoms with E-state index < -0.39 is 0 Å². The van der Waals surface area contributed by atoms with Crippen molar-refractivity contribution in [2.45, 2.75) is 18.2 Å². The van der Waals surface area contributed by atoms with Crippen LogP contribution in [0, 0.1) is 0 Å². The standard InChI is InChI=1S/C10H14N2OS/c1-8(13)12-14-10-4-2-9(3-5-10)6-7-11/h2-5H,6-7,11H2,1H3,(H,12,13). The lowest BCUT2D eigenvalue weighted by Crippen LogP contribution is -2.09. The molecule has 0 saturated carbocycles. The predicted octanol–water partition coefficient (Wildman–Crippen LogP) is 1.33. The SMILES string of the molecule is CC(=O)NSc1ccc(CCN)cc1. The molecular formula is C10H14N2OS. The van der Waals surface area contributed by atoms with Crippen LogP contribution >= 0.6 is 11.9 Å². The number of benzene rings is 1. The third kappa shape index (κ3) is 3.81. The molecule has 0 aliphatic carbocycles. The molecule has 0 aromatic heterocycles. The Morgan fingerprint density at radius 2 is 2.07 bits per heavy atom. The molecular weight excluding hydrogens is 196 g/mol. The van der Waals surface area contributed by atoms with E-state index in [9.17, 15) is 4.79 Å². The van der Waals surface area contributed by atoms with E-state index in [0.717, 1.165) is 11.3 Å². The van der Waals surface area contributed by atoms with Gasteiger partial charge in [0.2, 0.25) is 5.91 Å². The van der Waals surface area contributed by atoms with Gasteiger partial charge in [-0.15, -0.1) is 0 Å². The van der Waals surface area contributed by atoms with Gasteiger partial charge in [0.15, 0.2) is 0 Å². The molecule has 4 heteroatoms. The van der Waals surface area contributed by atoms with Gasteiger partial charge in [-0.25, -0.2) is 0 Å². The van der Waals surface area contributed by atoms with Crippen LogP contribution in [0.25, 0.3) is 0 Å². The first kappa shape index (κ1) is 11.1. The maximum absolute atomic E-state index is 10.6. The zero-order chi connectivity index (χ0) is 10.4. The zero-order valence-corrected chi connectivity index (χ0v) is 8.93. The Labute approximate surface area is 88.2 Å². The molecule has 0 radical (unpaired) electrons. The van der Waals surface area contributed by atoms with E-state index >= 15 is 0 Å². The third-order valence-corrected chi connectivity index (χ3v) is 2.57. The number of hydrogen-bond donors (Lipinski definition) is 2. The van der Waals surface area contributed by atoms with Crippen molar-refractivity contribution in [1.82, 2.24) is 4.72 Å². The van der Waals surface area contributed by atoms with Crippen molar-refractivity contribution < 1.29 is 4.79 Å². The van der Waals surface area contributed by atoms with E-state index in [1.54, 1.807) is 0 Å². The fourth-order valence-corrected chi connectivity index (χ4v) is 1.56. The van der Waals surface area contributed by atoms with Crippen molar-refractivity contribution in [3.8, 4) is 0 Å². The number of carbonyl (C=O) groups is 1. The van der Waals surface area contributed by atoms with Crippen LogP contribution in [0.2, 0.25) is 0 Å². The molecule has 0 fully saturated rings. The quantitative estimate of drug-likeness (QED) is 0.737. The molecule has 1 amide bonds. The number of nitrogens with two attached hydrogens (primary N) is 1.